The first-order valence-electron chi connectivity index (χ1n) is 8.21. The monoisotopic (exact) mass is 288 g/mol. The molecule has 1 fully saturated rings. The first-order chi connectivity index (χ1) is 10.2. The number of carbonyl (C=O) groups excluding carboxylic acids is 1. The molecular formula is C18H28N2O. The van der Waals surface area contributed by atoms with Crippen LogP contribution in [0.1, 0.15) is 43.0 Å². The third kappa shape index (κ3) is 4.94. The summed E-state index contributed by atoms with van der Waals surface area (Å²) < 4.78 is 0. The molecule has 0 saturated carbocycles. The van der Waals surface area contributed by atoms with E-state index in [1.165, 1.54) is 19.4 Å². The Kier molecular flexibility index (Phi) is 6.40. The molecule has 1 aliphatic rings. The summed E-state index contributed by atoms with van der Waals surface area (Å²) in [4.78, 5) is 17.0. The van der Waals surface area contributed by atoms with Crippen molar-refractivity contribution in [2.45, 2.75) is 38.6 Å². The highest BCUT2D eigenvalue weighted by Crippen LogP contribution is 2.17. The summed E-state index contributed by atoms with van der Waals surface area (Å²) in [6, 6.07) is 10.3. The second-order valence-corrected chi connectivity index (χ2v) is 6.08. The zero-order chi connectivity index (χ0) is 15.1. The predicted molar refractivity (Wildman–Crippen MR) is 87.8 cm³/mol. The summed E-state index contributed by atoms with van der Waals surface area (Å²) in [5.74, 6) is 0.264. The lowest BCUT2D eigenvalue weighted by atomic mass is 10.1. The van der Waals surface area contributed by atoms with Crippen molar-refractivity contribution >= 4 is 5.78 Å². The maximum atomic E-state index is 12.0. The van der Waals surface area contributed by atoms with Crippen molar-refractivity contribution in [3.8, 4) is 0 Å². The number of carbonyl (C=O) groups is 1. The molecule has 3 heteroatoms. The van der Waals surface area contributed by atoms with Crippen LogP contribution in [0, 0.1) is 0 Å². The molecule has 1 atom stereocenters. The Labute approximate surface area is 128 Å². The second-order valence-electron chi connectivity index (χ2n) is 6.08. The fourth-order valence-corrected chi connectivity index (χ4v) is 3.25. The summed E-state index contributed by atoms with van der Waals surface area (Å²) >= 11 is 0. The lowest BCUT2D eigenvalue weighted by Crippen LogP contribution is -2.39. The van der Waals surface area contributed by atoms with Crippen molar-refractivity contribution in [3.05, 3.63) is 35.9 Å². The van der Waals surface area contributed by atoms with Gasteiger partial charge in [-0.05, 0) is 45.9 Å². The van der Waals surface area contributed by atoms with Crippen LogP contribution in [0.5, 0.6) is 0 Å². The van der Waals surface area contributed by atoms with E-state index in [-0.39, 0.29) is 5.78 Å². The van der Waals surface area contributed by atoms with Gasteiger partial charge in [0.15, 0.2) is 5.78 Å². The maximum Gasteiger partial charge on any atom is 0.162 e. The summed E-state index contributed by atoms with van der Waals surface area (Å²) in [5.41, 5.74) is 0.841. The largest absolute Gasteiger partial charge is 0.305 e. The second kappa shape index (κ2) is 8.30. The average molecular weight is 288 g/mol. The van der Waals surface area contributed by atoms with Gasteiger partial charge in [-0.3, -0.25) is 9.69 Å². The van der Waals surface area contributed by atoms with Crippen molar-refractivity contribution in [2.75, 3.05) is 33.2 Å². The van der Waals surface area contributed by atoms with Crippen LogP contribution in [0.3, 0.4) is 0 Å². The van der Waals surface area contributed by atoms with E-state index in [1.807, 2.05) is 30.3 Å². The maximum absolute atomic E-state index is 12.0. The molecule has 1 aromatic rings. The molecule has 21 heavy (non-hydrogen) atoms. The highest BCUT2D eigenvalue weighted by atomic mass is 16.1. The van der Waals surface area contributed by atoms with Gasteiger partial charge in [0.05, 0.1) is 0 Å². The van der Waals surface area contributed by atoms with Crippen LogP contribution in [-0.2, 0) is 0 Å². The van der Waals surface area contributed by atoms with Crippen molar-refractivity contribution < 1.29 is 4.79 Å². The van der Waals surface area contributed by atoms with E-state index in [0.29, 0.717) is 12.5 Å². The highest BCUT2D eigenvalue weighted by Gasteiger charge is 2.23. The first-order valence-corrected chi connectivity index (χ1v) is 8.21. The highest BCUT2D eigenvalue weighted by molar-refractivity contribution is 5.95. The third-order valence-electron chi connectivity index (χ3n) is 4.47. The van der Waals surface area contributed by atoms with Gasteiger partial charge >= 0.3 is 0 Å². The molecule has 3 nitrogen and oxygen atoms in total. The summed E-state index contributed by atoms with van der Waals surface area (Å²) in [6.45, 7) is 6.79. The van der Waals surface area contributed by atoms with Gasteiger partial charge in [0, 0.05) is 24.6 Å². The van der Waals surface area contributed by atoms with Gasteiger partial charge in [-0.2, -0.15) is 0 Å². The lowest BCUT2D eigenvalue weighted by molar-refractivity contribution is 0.0974. The van der Waals surface area contributed by atoms with Gasteiger partial charge in [0.1, 0.15) is 0 Å². The number of nitrogens with zero attached hydrogens (tertiary/aromatic N) is 2. The van der Waals surface area contributed by atoms with Crippen LogP contribution in [-0.4, -0.2) is 54.9 Å². The number of hydrogen-bond acceptors (Lipinski definition) is 3. The molecular weight excluding hydrogens is 260 g/mol. The van der Waals surface area contributed by atoms with Crippen LogP contribution in [0.15, 0.2) is 30.3 Å². The standard InChI is InChI=1S/C18H28N2O/c1-3-20-14-7-11-17(20)15-19(2)13-8-12-18(21)16-9-5-4-6-10-16/h4-6,9-10,17H,3,7-8,11-15H2,1-2H3. The number of ketones is 1. The third-order valence-corrected chi connectivity index (χ3v) is 4.47. The van der Waals surface area contributed by atoms with Crippen LogP contribution in [0.25, 0.3) is 0 Å². The Balaban J connectivity index is 1.67. The quantitative estimate of drug-likeness (QED) is 0.687. The minimum Gasteiger partial charge on any atom is -0.305 e. The number of likely N-dealkylation sites (tertiary alicyclic amines) is 1. The van der Waals surface area contributed by atoms with Crippen LogP contribution in [0.2, 0.25) is 0 Å². The normalized spacial score (nSPS) is 19.3. The van der Waals surface area contributed by atoms with E-state index in [9.17, 15) is 4.79 Å². The Hall–Kier alpha value is -1.19. The molecule has 2 rings (SSSR count). The summed E-state index contributed by atoms with van der Waals surface area (Å²) in [5, 5.41) is 0. The molecule has 0 aliphatic carbocycles. The summed E-state index contributed by atoms with van der Waals surface area (Å²) in [7, 11) is 2.18. The Morgan fingerprint density at radius 1 is 1.33 bits per heavy atom. The van der Waals surface area contributed by atoms with E-state index in [4.69, 9.17) is 0 Å². The molecule has 1 saturated heterocycles. The van der Waals surface area contributed by atoms with Gasteiger partial charge in [-0.1, -0.05) is 37.3 Å². The molecule has 1 aliphatic heterocycles. The molecule has 116 valence electrons. The molecule has 0 aromatic heterocycles. The van der Waals surface area contributed by atoms with Crippen molar-refractivity contribution in [3.63, 3.8) is 0 Å². The summed E-state index contributed by atoms with van der Waals surface area (Å²) in [6.07, 6.45) is 4.25. The number of likely N-dealkylation sites (N-methyl/N-ethyl adjacent to an activating group) is 2. The lowest BCUT2D eigenvalue weighted by Gasteiger charge is -2.27. The van der Waals surface area contributed by atoms with Crippen molar-refractivity contribution in [1.29, 1.82) is 0 Å². The molecule has 0 spiro atoms. The van der Waals surface area contributed by atoms with Gasteiger partial charge in [-0.15, -0.1) is 0 Å². The smallest absolute Gasteiger partial charge is 0.162 e. The number of rotatable bonds is 8. The molecule has 0 N–H and O–H groups in total. The SMILES string of the molecule is CCN1CCCC1CN(C)CCCC(=O)c1ccccc1. The zero-order valence-corrected chi connectivity index (χ0v) is 13.4. The molecule has 0 bridgehead atoms. The van der Waals surface area contributed by atoms with Gasteiger partial charge in [-0.25, -0.2) is 0 Å². The van der Waals surface area contributed by atoms with E-state index in [1.54, 1.807) is 0 Å². The Morgan fingerprint density at radius 2 is 2.10 bits per heavy atom. The average Bonchev–Trinajstić information content (AvgIpc) is 2.95. The van der Waals surface area contributed by atoms with E-state index >= 15 is 0 Å². The number of benzene rings is 1. The van der Waals surface area contributed by atoms with Crippen molar-refractivity contribution in [2.24, 2.45) is 0 Å². The minimum absolute atomic E-state index is 0.264. The van der Waals surface area contributed by atoms with E-state index in [0.717, 1.165) is 31.6 Å². The fraction of sp³-hybridized carbons (Fsp3) is 0.611. The Bertz CT molecular complexity index is 432. The number of hydrogen-bond donors (Lipinski definition) is 0. The Morgan fingerprint density at radius 3 is 2.81 bits per heavy atom. The zero-order valence-electron chi connectivity index (χ0n) is 13.4. The number of Topliss-reactive ketones (excluding diaryl/α,β-unsaturated/α-hetero) is 1. The van der Waals surface area contributed by atoms with Gasteiger partial charge < -0.3 is 4.90 Å². The molecule has 0 radical (unpaired) electrons. The topological polar surface area (TPSA) is 23.6 Å². The van der Waals surface area contributed by atoms with Crippen LogP contribution < -0.4 is 0 Å². The molecule has 1 aromatic carbocycles. The molecule has 0 amide bonds. The van der Waals surface area contributed by atoms with E-state index in [2.05, 4.69) is 23.8 Å². The van der Waals surface area contributed by atoms with Gasteiger partial charge in [0.2, 0.25) is 0 Å². The first kappa shape index (κ1) is 16.2. The van der Waals surface area contributed by atoms with E-state index < -0.39 is 0 Å². The van der Waals surface area contributed by atoms with Gasteiger partial charge in [0.25, 0.3) is 0 Å². The molecule has 1 unspecified atom stereocenters. The van der Waals surface area contributed by atoms with Crippen molar-refractivity contribution in [1.82, 2.24) is 9.80 Å². The van der Waals surface area contributed by atoms with Crippen LogP contribution >= 0.6 is 0 Å². The predicted octanol–water partition coefficient (Wildman–Crippen LogP) is 3.07. The van der Waals surface area contributed by atoms with Crippen LogP contribution in [0.4, 0.5) is 0 Å². The fourth-order valence-electron chi connectivity index (χ4n) is 3.25. The molecule has 1 heterocycles. The minimum atomic E-state index is 0.264.